The third kappa shape index (κ3) is 2.91. The first-order valence-corrected chi connectivity index (χ1v) is 8.96. The van der Waals surface area contributed by atoms with Crippen molar-refractivity contribution in [3.05, 3.63) is 51.6 Å². The largest absolute Gasteiger partial charge is 0.496 e. The van der Waals surface area contributed by atoms with Crippen LogP contribution >= 0.6 is 11.3 Å². The maximum Gasteiger partial charge on any atom is 0.271 e. The number of imidazole rings is 1. The van der Waals surface area contributed by atoms with Crippen LogP contribution in [-0.4, -0.2) is 34.5 Å². The molecule has 1 amide bonds. The molecule has 2 N–H and O–H groups in total. The quantitative estimate of drug-likeness (QED) is 0.758. The van der Waals surface area contributed by atoms with E-state index in [4.69, 9.17) is 4.74 Å². The monoisotopic (exact) mass is 354 g/mol. The Morgan fingerprint density at radius 3 is 2.88 bits per heavy atom. The summed E-state index contributed by atoms with van der Waals surface area (Å²) >= 11 is 1.56. The second kappa shape index (κ2) is 6.33. The number of ether oxygens (including phenoxy) is 1. The number of fused-ring (bicyclic) bond motifs is 1. The summed E-state index contributed by atoms with van der Waals surface area (Å²) in [5, 5.41) is 5.89. The van der Waals surface area contributed by atoms with Gasteiger partial charge in [0.1, 0.15) is 17.1 Å². The molecule has 2 aromatic heterocycles. The van der Waals surface area contributed by atoms with Crippen molar-refractivity contribution in [3.63, 3.8) is 0 Å². The minimum absolute atomic E-state index is 0.117. The van der Waals surface area contributed by atoms with Gasteiger partial charge in [0.05, 0.1) is 12.1 Å². The zero-order chi connectivity index (χ0) is 17.4. The molecule has 1 aliphatic heterocycles. The average molecular weight is 354 g/mol. The maximum atomic E-state index is 12.4. The molecule has 3 aromatic rings. The highest BCUT2D eigenvalue weighted by molar-refractivity contribution is 7.09. The SMILES string of the molecule is COc1ccccc1C1CNC(=O)c2nc(-c3csc(C)n3)[nH]c2C1. The van der Waals surface area contributed by atoms with Crippen molar-refractivity contribution in [2.45, 2.75) is 19.3 Å². The van der Waals surface area contributed by atoms with Crippen molar-refractivity contribution in [2.24, 2.45) is 0 Å². The second-order valence-corrected chi connectivity index (χ2v) is 7.08. The third-order valence-corrected chi connectivity index (χ3v) is 5.17. The number of H-pyrrole nitrogens is 1. The molecule has 1 aromatic carbocycles. The van der Waals surface area contributed by atoms with Gasteiger partial charge in [-0.2, -0.15) is 0 Å². The lowest BCUT2D eigenvalue weighted by Gasteiger charge is -2.17. The van der Waals surface area contributed by atoms with Crippen LogP contribution in [0.15, 0.2) is 29.6 Å². The Bertz CT molecular complexity index is 931. The zero-order valence-corrected chi connectivity index (χ0v) is 14.8. The molecule has 128 valence electrons. The van der Waals surface area contributed by atoms with Gasteiger partial charge in [0, 0.05) is 23.5 Å². The standard InChI is InChI=1S/C18H18N4O2S/c1-10-20-14(9-25-10)17-21-13-7-11(8-19-18(23)16(13)22-17)12-5-3-4-6-15(12)24-2/h3-6,9,11H,7-8H2,1-2H3,(H,19,23)(H,21,22). The van der Waals surface area contributed by atoms with Crippen LogP contribution in [0.5, 0.6) is 5.75 Å². The van der Waals surface area contributed by atoms with E-state index in [9.17, 15) is 4.79 Å². The summed E-state index contributed by atoms with van der Waals surface area (Å²) < 4.78 is 5.48. The van der Waals surface area contributed by atoms with Crippen LogP contribution in [0.2, 0.25) is 0 Å². The highest BCUT2D eigenvalue weighted by atomic mass is 32.1. The lowest BCUT2D eigenvalue weighted by atomic mass is 9.93. The number of amides is 1. The Balaban J connectivity index is 1.71. The highest BCUT2D eigenvalue weighted by Gasteiger charge is 2.28. The van der Waals surface area contributed by atoms with Crippen molar-refractivity contribution in [1.29, 1.82) is 0 Å². The molecule has 4 rings (SSSR count). The van der Waals surface area contributed by atoms with Gasteiger partial charge in [-0.1, -0.05) is 18.2 Å². The van der Waals surface area contributed by atoms with Gasteiger partial charge in [-0.3, -0.25) is 4.79 Å². The Morgan fingerprint density at radius 1 is 1.28 bits per heavy atom. The first-order chi connectivity index (χ1) is 12.2. The van der Waals surface area contributed by atoms with Gasteiger partial charge < -0.3 is 15.0 Å². The number of para-hydroxylation sites is 1. The molecule has 0 spiro atoms. The van der Waals surface area contributed by atoms with E-state index in [1.807, 2.05) is 36.6 Å². The van der Waals surface area contributed by atoms with E-state index in [2.05, 4.69) is 20.3 Å². The number of methoxy groups -OCH3 is 1. The number of aromatic nitrogens is 3. The smallest absolute Gasteiger partial charge is 0.271 e. The number of benzene rings is 1. The minimum Gasteiger partial charge on any atom is -0.496 e. The molecule has 0 saturated carbocycles. The molecule has 0 saturated heterocycles. The van der Waals surface area contributed by atoms with Gasteiger partial charge in [-0.15, -0.1) is 11.3 Å². The number of hydrogen-bond acceptors (Lipinski definition) is 5. The molecule has 1 unspecified atom stereocenters. The van der Waals surface area contributed by atoms with E-state index in [1.165, 1.54) is 0 Å². The van der Waals surface area contributed by atoms with E-state index < -0.39 is 0 Å². The first kappa shape index (κ1) is 15.8. The number of rotatable bonds is 3. The fourth-order valence-electron chi connectivity index (χ4n) is 3.18. The number of nitrogens with zero attached hydrogens (tertiary/aromatic N) is 2. The number of thiazole rings is 1. The van der Waals surface area contributed by atoms with E-state index in [-0.39, 0.29) is 11.8 Å². The molecule has 0 radical (unpaired) electrons. The Kier molecular flexibility index (Phi) is 4.01. The van der Waals surface area contributed by atoms with E-state index in [0.29, 0.717) is 24.5 Å². The van der Waals surface area contributed by atoms with Crippen LogP contribution in [0.25, 0.3) is 11.5 Å². The van der Waals surface area contributed by atoms with Gasteiger partial charge in [-0.25, -0.2) is 9.97 Å². The summed E-state index contributed by atoms with van der Waals surface area (Å²) in [5.74, 6) is 1.44. The number of hydrogen-bond donors (Lipinski definition) is 2. The molecular weight excluding hydrogens is 336 g/mol. The number of carbonyl (C=O) groups excluding carboxylic acids is 1. The molecular formula is C18H18N4O2S. The number of carbonyl (C=O) groups is 1. The van der Waals surface area contributed by atoms with Crippen LogP contribution in [0.4, 0.5) is 0 Å². The Morgan fingerprint density at radius 2 is 2.12 bits per heavy atom. The summed E-state index contributed by atoms with van der Waals surface area (Å²) in [5.41, 5.74) is 3.15. The molecule has 1 atom stereocenters. The number of nitrogens with one attached hydrogen (secondary N) is 2. The molecule has 1 aliphatic rings. The third-order valence-electron chi connectivity index (χ3n) is 4.39. The molecule has 0 fully saturated rings. The van der Waals surface area contributed by atoms with Crippen molar-refractivity contribution < 1.29 is 9.53 Å². The van der Waals surface area contributed by atoms with E-state index >= 15 is 0 Å². The number of aromatic amines is 1. The predicted octanol–water partition coefficient (Wildman–Crippen LogP) is 2.92. The molecule has 7 heteroatoms. The fraction of sp³-hybridized carbons (Fsp3) is 0.278. The van der Waals surface area contributed by atoms with Crippen LogP contribution in [-0.2, 0) is 6.42 Å². The van der Waals surface area contributed by atoms with Crippen molar-refractivity contribution >= 4 is 17.2 Å². The van der Waals surface area contributed by atoms with Crippen molar-refractivity contribution in [2.75, 3.05) is 13.7 Å². The average Bonchev–Trinajstić information content (AvgIpc) is 3.21. The van der Waals surface area contributed by atoms with Crippen molar-refractivity contribution in [3.8, 4) is 17.3 Å². The van der Waals surface area contributed by atoms with Crippen LogP contribution in [0, 0.1) is 6.92 Å². The molecule has 25 heavy (non-hydrogen) atoms. The van der Waals surface area contributed by atoms with E-state index in [0.717, 1.165) is 27.7 Å². The van der Waals surface area contributed by atoms with Crippen LogP contribution in [0.3, 0.4) is 0 Å². The second-order valence-electron chi connectivity index (χ2n) is 6.02. The highest BCUT2D eigenvalue weighted by Crippen LogP contribution is 2.31. The van der Waals surface area contributed by atoms with E-state index in [1.54, 1.807) is 18.4 Å². The normalized spacial score (nSPS) is 16.9. The van der Waals surface area contributed by atoms with Gasteiger partial charge in [-0.05, 0) is 25.0 Å². The molecule has 0 aliphatic carbocycles. The summed E-state index contributed by atoms with van der Waals surface area (Å²) in [6.45, 7) is 2.50. The summed E-state index contributed by atoms with van der Waals surface area (Å²) in [6, 6.07) is 7.92. The first-order valence-electron chi connectivity index (χ1n) is 8.08. The summed E-state index contributed by atoms with van der Waals surface area (Å²) in [6.07, 6.45) is 0.685. The molecule has 0 bridgehead atoms. The van der Waals surface area contributed by atoms with Crippen LogP contribution < -0.4 is 10.1 Å². The minimum atomic E-state index is -0.151. The van der Waals surface area contributed by atoms with Gasteiger partial charge in [0.2, 0.25) is 0 Å². The topological polar surface area (TPSA) is 79.9 Å². The Hall–Kier alpha value is -2.67. The van der Waals surface area contributed by atoms with Crippen molar-refractivity contribution in [1.82, 2.24) is 20.3 Å². The Labute approximate surface area is 149 Å². The van der Waals surface area contributed by atoms with Gasteiger partial charge in [0.15, 0.2) is 5.82 Å². The maximum absolute atomic E-state index is 12.4. The lowest BCUT2D eigenvalue weighted by molar-refractivity contribution is 0.0950. The predicted molar refractivity (Wildman–Crippen MR) is 96.2 cm³/mol. The van der Waals surface area contributed by atoms with Gasteiger partial charge >= 0.3 is 0 Å². The fourth-order valence-corrected chi connectivity index (χ4v) is 3.78. The molecule has 6 nitrogen and oxygen atoms in total. The molecule has 3 heterocycles. The van der Waals surface area contributed by atoms with Crippen LogP contribution in [0.1, 0.15) is 32.7 Å². The summed E-state index contributed by atoms with van der Waals surface area (Å²) in [7, 11) is 1.67. The number of aryl methyl sites for hydroxylation is 1. The summed E-state index contributed by atoms with van der Waals surface area (Å²) in [4.78, 5) is 24.7. The zero-order valence-electron chi connectivity index (χ0n) is 14.0. The van der Waals surface area contributed by atoms with Gasteiger partial charge in [0.25, 0.3) is 5.91 Å². The lowest BCUT2D eigenvalue weighted by Crippen LogP contribution is -2.26.